The lowest BCUT2D eigenvalue weighted by molar-refractivity contribution is 0.0791. The van der Waals surface area contributed by atoms with Gasteiger partial charge in [-0.15, -0.1) is 0 Å². The second-order valence-electron chi connectivity index (χ2n) is 7.07. The molecule has 1 atom stereocenters. The Morgan fingerprint density at radius 2 is 1.16 bits per heavy atom. The lowest BCUT2D eigenvalue weighted by Crippen LogP contribution is -2.30. The number of carbonyl (C=O) groups excluding carboxylic acids is 2. The zero-order valence-corrected chi connectivity index (χ0v) is 16.8. The average Bonchev–Trinajstić information content (AvgIpc) is 3.37. The highest BCUT2D eigenvalue weighted by atomic mass is 16.3. The molecular formula is C28H20O3. The minimum absolute atomic E-state index is 0.279. The maximum Gasteiger partial charge on any atom is 0.175 e. The molecule has 1 heterocycles. The first-order valence-corrected chi connectivity index (χ1v) is 10.0. The molecule has 0 aliphatic heterocycles. The van der Waals surface area contributed by atoms with Crippen LogP contribution in [0, 0.1) is 17.8 Å². The van der Waals surface area contributed by atoms with Crippen LogP contribution in [0.15, 0.2) is 114 Å². The van der Waals surface area contributed by atoms with Crippen molar-refractivity contribution in [3.63, 3.8) is 0 Å². The molecule has 1 aromatic heterocycles. The molecule has 4 aromatic rings. The number of ketones is 2. The van der Waals surface area contributed by atoms with Gasteiger partial charge in [0.15, 0.2) is 11.6 Å². The summed E-state index contributed by atoms with van der Waals surface area (Å²) in [6.45, 7) is 0. The fourth-order valence-electron chi connectivity index (χ4n) is 3.46. The van der Waals surface area contributed by atoms with Crippen LogP contribution in [0.2, 0.25) is 0 Å². The van der Waals surface area contributed by atoms with E-state index in [9.17, 15) is 9.59 Å². The Balaban J connectivity index is 1.83. The van der Waals surface area contributed by atoms with E-state index in [1.54, 1.807) is 60.7 Å². The zero-order chi connectivity index (χ0) is 21.5. The highest BCUT2D eigenvalue weighted by Crippen LogP contribution is 2.31. The van der Waals surface area contributed by atoms with Gasteiger partial charge in [-0.2, -0.15) is 0 Å². The van der Waals surface area contributed by atoms with Crippen LogP contribution in [0.3, 0.4) is 0 Å². The molecule has 0 N–H and O–H groups in total. The van der Waals surface area contributed by atoms with E-state index in [0.29, 0.717) is 16.9 Å². The summed E-state index contributed by atoms with van der Waals surface area (Å²) in [5.41, 5.74) is 1.74. The molecule has 3 nitrogen and oxygen atoms in total. The summed E-state index contributed by atoms with van der Waals surface area (Å²) < 4.78 is 5.63. The van der Waals surface area contributed by atoms with Crippen molar-refractivity contribution in [3.8, 4) is 11.8 Å². The van der Waals surface area contributed by atoms with Gasteiger partial charge in [-0.1, -0.05) is 90.7 Å². The lowest BCUT2D eigenvalue weighted by Gasteiger charge is -2.20. The molecule has 0 aliphatic rings. The molecule has 0 saturated heterocycles. The van der Waals surface area contributed by atoms with Crippen LogP contribution in [0.5, 0.6) is 0 Å². The van der Waals surface area contributed by atoms with Crippen LogP contribution >= 0.6 is 0 Å². The highest BCUT2D eigenvalue weighted by molar-refractivity contribution is 6.17. The van der Waals surface area contributed by atoms with Gasteiger partial charge >= 0.3 is 0 Å². The normalized spacial score (nSPS) is 11.4. The van der Waals surface area contributed by atoms with E-state index >= 15 is 0 Å². The van der Waals surface area contributed by atoms with Crippen molar-refractivity contribution in [2.75, 3.05) is 0 Å². The lowest BCUT2D eigenvalue weighted by atomic mass is 9.79. The summed E-state index contributed by atoms with van der Waals surface area (Å²) >= 11 is 0. The maximum atomic E-state index is 13.6. The van der Waals surface area contributed by atoms with Crippen LogP contribution in [0.4, 0.5) is 0 Å². The van der Waals surface area contributed by atoms with Crippen LogP contribution in [0.25, 0.3) is 0 Å². The molecule has 0 radical (unpaired) electrons. The predicted molar refractivity (Wildman–Crippen MR) is 120 cm³/mol. The number of furan rings is 1. The molecule has 1 unspecified atom stereocenters. The SMILES string of the molecule is O=C(c1ccccc1)C(C(=O)c1ccccc1)C(C#Cc1ccccc1)c1ccco1. The third-order valence-corrected chi connectivity index (χ3v) is 5.01. The summed E-state index contributed by atoms with van der Waals surface area (Å²) in [6.07, 6.45) is 1.53. The van der Waals surface area contributed by atoms with E-state index in [4.69, 9.17) is 4.42 Å². The van der Waals surface area contributed by atoms with E-state index in [-0.39, 0.29) is 11.6 Å². The van der Waals surface area contributed by atoms with Gasteiger partial charge in [0, 0.05) is 16.7 Å². The second-order valence-corrected chi connectivity index (χ2v) is 7.07. The topological polar surface area (TPSA) is 47.3 Å². The van der Waals surface area contributed by atoms with E-state index < -0.39 is 11.8 Å². The van der Waals surface area contributed by atoms with Crippen molar-refractivity contribution in [1.29, 1.82) is 0 Å². The largest absolute Gasteiger partial charge is 0.468 e. The van der Waals surface area contributed by atoms with Crippen molar-refractivity contribution in [2.45, 2.75) is 5.92 Å². The highest BCUT2D eigenvalue weighted by Gasteiger charge is 2.37. The van der Waals surface area contributed by atoms with Gasteiger partial charge in [-0.3, -0.25) is 9.59 Å². The van der Waals surface area contributed by atoms with Gasteiger partial charge < -0.3 is 4.42 Å². The van der Waals surface area contributed by atoms with Crippen molar-refractivity contribution < 1.29 is 14.0 Å². The molecule has 3 heteroatoms. The maximum absolute atomic E-state index is 13.6. The summed E-state index contributed by atoms with van der Waals surface area (Å²) in [4.78, 5) is 27.2. The smallest absolute Gasteiger partial charge is 0.175 e. The van der Waals surface area contributed by atoms with Crippen molar-refractivity contribution >= 4 is 11.6 Å². The molecule has 0 aliphatic carbocycles. The van der Waals surface area contributed by atoms with Gasteiger partial charge in [0.05, 0.1) is 12.2 Å². The molecule has 0 bridgehead atoms. The first-order chi connectivity index (χ1) is 15.2. The second kappa shape index (κ2) is 9.56. The van der Waals surface area contributed by atoms with E-state index in [1.165, 1.54) is 6.26 Å². The van der Waals surface area contributed by atoms with Gasteiger partial charge in [-0.25, -0.2) is 0 Å². The fraction of sp³-hybridized carbons (Fsp3) is 0.0714. The van der Waals surface area contributed by atoms with Crippen molar-refractivity contribution in [1.82, 2.24) is 0 Å². The van der Waals surface area contributed by atoms with Gasteiger partial charge in [-0.05, 0) is 24.3 Å². The van der Waals surface area contributed by atoms with Crippen LogP contribution in [0.1, 0.15) is 38.0 Å². The molecule has 0 fully saturated rings. The number of benzene rings is 3. The van der Waals surface area contributed by atoms with Crippen LogP contribution < -0.4 is 0 Å². The summed E-state index contributed by atoms with van der Waals surface area (Å²) in [7, 11) is 0. The van der Waals surface area contributed by atoms with E-state index in [2.05, 4.69) is 11.8 Å². The Morgan fingerprint density at radius 3 is 1.65 bits per heavy atom. The minimum atomic E-state index is -1.04. The number of hydrogen-bond acceptors (Lipinski definition) is 3. The first-order valence-electron chi connectivity index (χ1n) is 10.0. The van der Waals surface area contributed by atoms with Gasteiger partial charge in [0.25, 0.3) is 0 Å². The summed E-state index contributed by atoms with van der Waals surface area (Å²) in [6, 6.07) is 30.7. The van der Waals surface area contributed by atoms with Crippen molar-refractivity contribution in [3.05, 3.63) is 132 Å². The van der Waals surface area contributed by atoms with Crippen LogP contribution in [-0.2, 0) is 0 Å². The minimum Gasteiger partial charge on any atom is -0.468 e. The Kier molecular flexibility index (Phi) is 6.21. The molecule has 150 valence electrons. The number of carbonyl (C=O) groups is 2. The standard InChI is InChI=1S/C28H20O3/c29-27(22-13-6-2-7-14-22)26(28(30)23-15-8-3-9-16-23)24(25-17-10-20-31-25)19-18-21-11-4-1-5-12-21/h1-17,20,24,26H. The molecule has 31 heavy (non-hydrogen) atoms. The Labute approximate surface area is 181 Å². The summed E-state index contributed by atoms with van der Waals surface area (Å²) in [5.74, 6) is 4.43. The van der Waals surface area contributed by atoms with Gasteiger partial charge in [0.1, 0.15) is 11.7 Å². The Morgan fingerprint density at radius 1 is 0.645 bits per heavy atom. The zero-order valence-electron chi connectivity index (χ0n) is 16.8. The number of rotatable bonds is 6. The third kappa shape index (κ3) is 4.71. The molecule has 0 saturated carbocycles. The fourth-order valence-corrected chi connectivity index (χ4v) is 3.46. The molecule has 0 amide bonds. The molecule has 3 aromatic carbocycles. The average molecular weight is 404 g/mol. The molecular weight excluding hydrogens is 384 g/mol. The van der Waals surface area contributed by atoms with Crippen molar-refractivity contribution in [2.24, 2.45) is 5.92 Å². The van der Waals surface area contributed by atoms with Gasteiger partial charge in [0.2, 0.25) is 0 Å². The molecule has 0 spiro atoms. The summed E-state index contributed by atoms with van der Waals surface area (Å²) in [5, 5.41) is 0. The predicted octanol–water partition coefficient (Wildman–Crippen LogP) is 5.80. The Hall–Kier alpha value is -4.16. The Bertz CT molecular complexity index is 1150. The number of Topliss-reactive ketones (excluding diaryl/α,β-unsaturated/α-hetero) is 2. The van der Waals surface area contributed by atoms with Crippen LogP contribution in [-0.4, -0.2) is 11.6 Å². The van der Waals surface area contributed by atoms with E-state index in [0.717, 1.165) is 5.56 Å². The monoisotopic (exact) mass is 404 g/mol. The van der Waals surface area contributed by atoms with E-state index in [1.807, 2.05) is 42.5 Å². The number of hydrogen-bond donors (Lipinski definition) is 0. The quantitative estimate of drug-likeness (QED) is 0.232. The molecule has 4 rings (SSSR count). The first kappa shape index (κ1) is 20.1. The third-order valence-electron chi connectivity index (χ3n) is 5.01.